The Morgan fingerprint density at radius 3 is 2.38 bits per heavy atom. The van der Waals surface area contributed by atoms with Crippen LogP contribution in [0.5, 0.6) is 0 Å². The van der Waals surface area contributed by atoms with Gasteiger partial charge in [-0.1, -0.05) is 24.4 Å². The lowest BCUT2D eigenvalue weighted by Crippen LogP contribution is -2.40. The van der Waals surface area contributed by atoms with Crippen LogP contribution in [-0.2, 0) is 21.2 Å². The molecule has 1 aromatic rings. The molecule has 0 aliphatic heterocycles. The summed E-state index contributed by atoms with van der Waals surface area (Å²) < 4.78 is 32.4. The molecule has 0 aromatic heterocycles. The highest BCUT2D eigenvalue weighted by Gasteiger charge is 2.22. The van der Waals surface area contributed by atoms with Crippen LogP contribution in [0, 0.1) is 0 Å². The number of nitrogens with one attached hydrogen (secondary N) is 1. The summed E-state index contributed by atoms with van der Waals surface area (Å²) in [5.74, 6) is 0. The zero-order valence-corrected chi connectivity index (χ0v) is 14.2. The maximum Gasteiger partial charge on any atom is 0.240 e. The molecule has 7 heteroatoms. The van der Waals surface area contributed by atoms with Gasteiger partial charge in [0, 0.05) is 19.6 Å². The molecule has 0 bridgehead atoms. The number of thiocarbonyl (C=S) groups is 1. The predicted octanol–water partition coefficient (Wildman–Crippen LogP) is 1.61. The molecule has 118 valence electrons. The monoisotopic (exact) mass is 330 g/mol. The van der Waals surface area contributed by atoms with Gasteiger partial charge >= 0.3 is 0 Å². The van der Waals surface area contributed by atoms with E-state index in [0.29, 0.717) is 18.0 Å². The average Bonchev–Trinajstić information content (AvgIpc) is 2.37. The summed E-state index contributed by atoms with van der Waals surface area (Å²) in [7, 11) is -3.55. The standard InChI is InChI=1S/C14H22N2O3S2/c1-4-19-14(2,3)10-16-21(17,18)12-7-5-11(6-8-12)9-13(15)20/h5-8,16H,4,9-10H2,1-3H3,(H2,15,20). The summed E-state index contributed by atoms with van der Waals surface area (Å²) in [6.07, 6.45) is 0.459. The molecule has 0 radical (unpaired) electrons. The third kappa shape index (κ3) is 6.09. The second-order valence-corrected chi connectivity index (χ2v) is 7.60. The van der Waals surface area contributed by atoms with E-state index in [9.17, 15) is 8.42 Å². The Balaban J connectivity index is 2.76. The van der Waals surface area contributed by atoms with Gasteiger partial charge in [0.15, 0.2) is 0 Å². The molecule has 0 heterocycles. The minimum absolute atomic E-state index is 0.206. The Hall–Kier alpha value is -1.02. The summed E-state index contributed by atoms with van der Waals surface area (Å²) in [4.78, 5) is 0.587. The molecule has 0 amide bonds. The van der Waals surface area contributed by atoms with Gasteiger partial charge in [-0.05, 0) is 38.5 Å². The zero-order valence-electron chi connectivity index (χ0n) is 12.5. The number of sulfonamides is 1. The number of benzene rings is 1. The van der Waals surface area contributed by atoms with Gasteiger partial charge < -0.3 is 10.5 Å². The third-order valence-corrected chi connectivity index (χ3v) is 4.40. The smallest absolute Gasteiger partial charge is 0.240 e. The molecule has 0 unspecified atom stereocenters. The predicted molar refractivity (Wildman–Crippen MR) is 87.8 cm³/mol. The molecule has 3 N–H and O–H groups in total. The van der Waals surface area contributed by atoms with E-state index in [-0.39, 0.29) is 11.4 Å². The molecule has 0 spiro atoms. The normalized spacial score (nSPS) is 12.3. The Kier molecular flexibility index (Phi) is 6.27. The van der Waals surface area contributed by atoms with Gasteiger partial charge in [-0.15, -0.1) is 0 Å². The number of nitrogens with two attached hydrogens (primary N) is 1. The van der Waals surface area contributed by atoms with Gasteiger partial charge in [-0.3, -0.25) is 0 Å². The molecule has 1 rings (SSSR count). The Morgan fingerprint density at radius 2 is 1.90 bits per heavy atom. The fourth-order valence-corrected chi connectivity index (χ4v) is 3.15. The van der Waals surface area contributed by atoms with E-state index in [1.165, 1.54) is 0 Å². The first kappa shape index (κ1) is 18.0. The van der Waals surface area contributed by atoms with E-state index in [1.54, 1.807) is 24.3 Å². The number of hydrogen-bond donors (Lipinski definition) is 2. The van der Waals surface area contributed by atoms with E-state index in [4.69, 9.17) is 22.7 Å². The van der Waals surface area contributed by atoms with Crippen molar-refractivity contribution in [3.8, 4) is 0 Å². The maximum absolute atomic E-state index is 12.2. The Labute approximate surface area is 131 Å². The molecule has 0 saturated carbocycles. The fourth-order valence-electron chi connectivity index (χ4n) is 1.78. The molecule has 0 aliphatic rings. The number of hydrogen-bond acceptors (Lipinski definition) is 4. The minimum atomic E-state index is -3.55. The lowest BCUT2D eigenvalue weighted by molar-refractivity contribution is -0.00515. The van der Waals surface area contributed by atoms with Gasteiger partial charge in [0.2, 0.25) is 10.0 Å². The van der Waals surface area contributed by atoms with Crippen LogP contribution in [0.4, 0.5) is 0 Å². The van der Waals surface area contributed by atoms with E-state index >= 15 is 0 Å². The van der Waals surface area contributed by atoms with Gasteiger partial charge in [0.05, 0.1) is 15.5 Å². The van der Waals surface area contributed by atoms with Crippen molar-refractivity contribution >= 4 is 27.2 Å². The van der Waals surface area contributed by atoms with Gasteiger partial charge in [0.25, 0.3) is 0 Å². The maximum atomic E-state index is 12.2. The van der Waals surface area contributed by atoms with Crippen LogP contribution in [0.3, 0.4) is 0 Å². The summed E-state index contributed by atoms with van der Waals surface area (Å²) in [6, 6.07) is 6.51. The summed E-state index contributed by atoms with van der Waals surface area (Å²) in [5, 5.41) is 0. The molecular formula is C14H22N2O3S2. The molecule has 21 heavy (non-hydrogen) atoms. The highest BCUT2D eigenvalue weighted by molar-refractivity contribution is 7.89. The van der Waals surface area contributed by atoms with Crippen molar-refractivity contribution in [2.75, 3.05) is 13.2 Å². The number of rotatable bonds is 8. The van der Waals surface area contributed by atoms with Crippen LogP contribution < -0.4 is 10.5 Å². The van der Waals surface area contributed by atoms with Crippen LogP contribution in [0.1, 0.15) is 26.3 Å². The molecule has 0 atom stereocenters. The first-order valence-electron chi connectivity index (χ1n) is 6.67. The van der Waals surface area contributed by atoms with Crippen LogP contribution >= 0.6 is 12.2 Å². The molecule has 0 fully saturated rings. The second-order valence-electron chi connectivity index (χ2n) is 5.30. The van der Waals surface area contributed by atoms with E-state index in [1.807, 2.05) is 20.8 Å². The fraction of sp³-hybridized carbons (Fsp3) is 0.500. The van der Waals surface area contributed by atoms with Crippen molar-refractivity contribution in [3.05, 3.63) is 29.8 Å². The van der Waals surface area contributed by atoms with Crippen molar-refractivity contribution in [1.82, 2.24) is 4.72 Å². The largest absolute Gasteiger partial charge is 0.393 e. The zero-order chi connectivity index (χ0) is 16.1. The highest BCUT2D eigenvalue weighted by Crippen LogP contribution is 2.13. The lowest BCUT2D eigenvalue weighted by Gasteiger charge is -2.24. The highest BCUT2D eigenvalue weighted by atomic mass is 32.2. The van der Waals surface area contributed by atoms with E-state index in [0.717, 1.165) is 5.56 Å². The molecule has 0 saturated heterocycles. The van der Waals surface area contributed by atoms with Crippen molar-refractivity contribution in [2.45, 2.75) is 37.7 Å². The quantitative estimate of drug-likeness (QED) is 0.708. The van der Waals surface area contributed by atoms with Crippen molar-refractivity contribution < 1.29 is 13.2 Å². The van der Waals surface area contributed by atoms with Crippen molar-refractivity contribution in [2.24, 2.45) is 5.73 Å². The Bertz CT molecular complexity index is 581. The Morgan fingerprint density at radius 1 is 1.33 bits per heavy atom. The topological polar surface area (TPSA) is 81.4 Å². The van der Waals surface area contributed by atoms with E-state index < -0.39 is 15.6 Å². The summed E-state index contributed by atoms with van der Waals surface area (Å²) >= 11 is 4.82. The molecule has 1 aromatic carbocycles. The molecule has 5 nitrogen and oxygen atoms in total. The van der Waals surface area contributed by atoms with Crippen LogP contribution in [-0.4, -0.2) is 32.2 Å². The second kappa shape index (κ2) is 7.31. The van der Waals surface area contributed by atoms with Gasteiger partial charge in [0.1, 0.15) is 0 Å². The first-order valence-corrected chi connectivity index (χ1v) is 8.56. The minimum Gasteiger partial charge on any atom is -0.393 e. The number of ether oxygens (including phenoxy) is 1. The van der Waals surface area contributed by atoms with Crippen LogP contribution in [0.2, 0.25) is 0 Å². The lowest BCUT2D eigenvalue weighted by atomic mass is 10.1. The molecular weight excluding hydrogens is 308 g/mol. The van der Waals surface area contributed by atoms with Gasteiger partial charge in [-0.2, -0.15) is 0 Å². The van der Waals surface area contributed by atoms with Crippen molar-refractivity contribution in [3.63, 3.8) is 0 Å². The summed E-state index contributed by atoms with van der Waals surface area (Å²) in [6.45, 7) is 6.28. The van der Waals surface area contributed by atoms with Crippen LogP contribution in [0.25, 0.3) is 0 Å². The van der Waals surface area contributed by atoms with Gasteiger partial charge in [-0.25, -0.2) is 13.1 Å². The summed E-state index contributed by atoms with van der Waals surface area (Å²) in [5.41, 5.74) is 5.80. The molecule has 0 aliphatic carbocycles. The SMILES string of the molecule is CCOC(C)(C)CNS(=O)(=O)c1ccc(CC(N)=S)cc1. The average molecular weight is 330 g/mol. The van der Waals surface area contributed by atoms with Crippen LogP contribution in [0.15, 0.2) is 29.2 Å². The third-order valence-electron chi connectivity index (χ3n) is 2.83. The first-order chi connectivity index (χ1) is 9.66. The van der Waals surface area contributed by atoms with Crippen molar-refractivity contribution in [1.29, 1.82) is 0 Å². The van der Waals surface area contributed by atoms with E-state index in [2.05, 4.69) is 4.72 Å².